The highest BCUT2D eigenvalue weighted by atomic mass is 35.5. The van der Waals surface area contributed by atoms with Crippen LogP contribution in [0.4, 0.5) is 0 Å². The lowest BCUT2D eigenvalue weighted by molar-refractivity contribution is 0.483. The van der Waals surface area contributed by atoms with Crippen molar-refractivity contribution in [3.63, 3.8) is 0 Å². The third-order valence-corrected chi connectivity index (χ3v) is 4.23. The molecule has 26 heavy (non-hydrogen) atoms. The molecule has 128 valence electrons. The summed E-state index contributed by atoms with van der Waals surface area (Å²) in [6.45, 7) is 0. The number of nitrogens with zero attached hydrogens (tertiary/aromatic N) is 1. The Balaban J connectivity index is 1.73. The molecule has 4 nitrogen and oxygen atoms in total. The van der Waals surface area contributed by atoms with Crippen LogP contribution in [0.25, 0.3) is 22.3 Å². The number of aromatic nitrogens is 2. The van der Waals surface area contributed by atoms with Crippen LogP contribution in [0.3, 0.4) is 0 Å². The molecule has 0 unspecified atom stereocenters. The van der Waals surface area contributed by atoms with Crippen molar-refractivity contribution in [1.82, 2.24) is 9.97 Å². The third-order valence-electron chi connectivity index (χ3n) is 3.79. The van der Waals surface area contributed by atoms with Gasteiger partial charge in [-0.25, -0.2) is 4.98 Å². The van der Waals surface area contributed by atoms with Gasteiger partial charge in [0.05, 0.1) is 10.9 Å². The van der Waals surface area contributed by atoms with Gasteiger partial charge in [0.15, 0.2) is 0 Å². The summed E-state index contributed by atoms with van der Waals surface area (Å²) >= 11 is 12.0. The average molecular weight is 383 g/mol. The number of rotatable bonds is 3. The van der Waals surface area contributed by atoms with Crippen LogP contribution >= 0.6 is 23.2 Å². The zero-order valence-electron chi connectivity index (χ0n) is 13.4. The van der Waals surface area contributed by atoms with E-state index in [0.717, 1.165) is 5.56 Å². The highest BCUT2D eigenvalue weighted by Gasteiger charge is 2.08. The van der Waals surface area contributed by atoms with Gasteiger partial charge < -0.3 is 9.72 Å². The van der Waals surface area contributed by atoms with Crippen molar-refractivity contribution in [3.8, 4) is 22.9 Å². The van der Waals surface area contributed by atoms with Crippen LogP contribution in [-0.2, 0) is 0 Å². The van der Waals surface area contributed by atoms with Crippen LogP contribution in [0.1, 0.15) is 0 Å². The van der Waals surface area contributed by atoms with E-state index in [1.165, 1.54) is 0 Å². The average Bonchev–Trinajstić information content (AvgIpc) is 2.61. The van der Waals surface area contributed by atoms with Crippen molar-refractivity contribution in [1.29, 1.82) is 0 Å². The lowest BCUT2D eigenvalue weighted by Gasteiger charge is -2.09. The monoisotopic (exact) mass is 382 g/mol. The normalized spacial score (nSPS) is 10.8. The van der Waals surface area contributed by atoms with E-state index in [-0.39, 0.29) is 5.56 Å². The molecule has 0 aliphatic carbocycles. The Labute approximate surface area is 159 Å². The van der Waals surface area contributed by atoms with Crippen LogP contribution < -0.4 is 10.3 Å². The summed E-state index contributed by atoms with van der Waals surface area (Å²) in [6.07, 6.45) is 0. The minimum absolute atomic E-state index is 0.182. The predicted molar refractivity (Wildman–Crippen MR) is 104 cm³/mol. The number of ether oxygens (including phenoxy) is 1. The first-order chi connectivity index (χ1) is 12.6. The molecule has 6 heteroatoms. The van der Waals surface area contributed by atoms with E-state index < -0.39 is 0 Å². The van der Waals surface area contributed by atoms with Crippen molar-refractivity contribution in [2.45, 2.75) is 0 Å². The number of H-pyrrole nitrogens is 1. The Morgan fingerprint density at radius 3 is 2.42 bits per heavy atom. The molecule has 4 rings (SSSR count). The number of hydrogen-bond acceptors (Lipinski definition) is 3. The summed E-state index contributed by atoms with van der Waals surface area (Å²) in [4.78, 5) is 19.6. The van der Waals surface area contributed by atoms with E-state index in [9.17, 15) is 4.79 Å². The van der Waals surface area contributed by atoms with Crippen LogP contribution in [0.5, 0.6) is 11.5 Å². The number of fused-ring (bicyclic) bond motifs is 1. The van der Waals surface area contributed by atoms with E-state index in [4.69, 9.17) is 27.9 Å². The number of nitrogens with one attached hydrogen (secondary N) is 1. The lowest BCUT2D eigenvalue weighted by atomic mass is 10.2. The van der Waals surface area contributed by atoms with Gasteiger partial charge in [-0.2, -0.15) is 0 Å². The summed E-state index contributed by atoms with van der Waals surface area (Å²) in [6, 6.07) is 19.5. The van der Waals surface area contributed by atoms with Gasteiger partial charge in [-0.05, 0) is 42.5 Å². The van der Waals surface area contributed by atoms with Crippen molar-refractivity contribution in [3.05, 3.63) is 87.1 Å². The topological polar surface area (TPSA) is 55.0 Å². The van der Waals surface area contributed by atoms with Crippen molar-refractivity contribution >= 4 is 34.1 Å². The minimum Gasteiger partial charge on any atom is -0.457 e. The molecule has 0 spiro atoms. The first kappa shape index (κ1) is 16.6. The second-order valence-corrected chi connectivity index (χ2v) is 6.54. The molecular formula is C20H12Cl2N2O2. The fraction of sp³-hybridized carbons (Fsp3) is 0. The maximum absolute atomic E-state index is 12.3. The fourth-order valence-corrected chi connectivity index (χ4v) is 3.16. The number of benzene rings is 3. The lowest BCUT2D eigenvalue weighted by Crippen LogP contribution is -2.09. The Morgan fingerprint density at radius 2 is 1.62 bits per heavy atom. The third kappa shape index (κ3) is 3.43. The summed E-state index contributed by atoms with van der Waals surface area (Å²) in [5, 5.41) is 1.53. The zero-order valence-corrected chi connectivity index (χ0v) is 14.9. The Bertz CT molecular complexity index is 1150. The van der Waals surface area contributed by atoms with Gasteiger partial charge in [-0.15, -0.1) is 0 Å². The quantitative estimate of drug-likeness (QED) is 0.495. The highest BCUT2D eigenvalue weighted by molar-refractivity contribution is 6.34. The Morgan fingerprint density at radius 1 is 0.846 bits per heavy atom. The van der Waals surface area contributed by atoms with Gasteiger partial charge in [-0.1, -0.05) is 47.5 Å². The molecule has 0 saturated heterocycles. The molecular weight excluding hydrogens is 371 g/mol. The second kappa shape index (κ2) is 6.83. The van der Waals surface area contributed by atoms with Gasteiger partial charge in [-0.3, -0.25) is 4.79 Å². The molecule has 0 aliphatic heterocycles. The number of halogens is 2. The molecule has 1 N–H and O–H groups in total. The van der Waals surface area contributed by atoms with E-state index in [2.05, 4.69) is 9.97 Å². The summed E-state index contributed by atoms with van der Waals surface area (Å²) in [7, 11) is 0. The van der Waals surface area contributed by atoms with Gasteiger partial charge in [0.2, 0.25) is 0 Å². The Kier molecular flexibility index (Phi) is 4.37. The number of aromatic amines is 1. The van der Waals surface area contributed by atoms with E-state index in [1.807, 2.05) is 30.3 Å². The maximum atomic E-state index is 12.3. The molecule has 0 saturated carbocycles. The van der Waals surface area contributed by atoms with Crippen LogP contribution in [0.15, 0.2) is 71.5 Å². The van der Waals surface area contributed by atoms with Crippen molar-refractivity contribution in [2.75, 3.05) is 0 Å². The fourth-order valence-electron chi connectivity index (χ4n) is 2.65. The van der Waals surface area contributed by atoms with Gasteiger partial charge in [0.1, 0.15) is 17.3 Å². The predicted octanol–water partition coefficient (Wildman–Crippen LogP) is 5.69. The Hall–Kier alpha value is -2.82. The van der Waals surface area contributed by atoms with E-state index >= 15 is 0 Å². The molecule has 0 fully saturated rings. The molecule has 0 radical (unpaired) electrons. The van der Waals surface area contributed by atoms with Gasteiger partial charge >= 0.3 is 0 Å². The van der Waals surface area contributed by atoms with Crippen molar-refractivity contribution < 1.29 is 4.74 Å². The standard InChI is InChI=1S/C20H12Cl2N2O2/c21-13-9-14(22)11-16(10-13)26-15-5-3-4-12(8-15)19-23-18-7-2-1-6-17(18)20(25)24-19/h1-11H,(H,23,24,25). The summed E-state index contributed by atoms with van der Waals surface area (Å²) in [5.74, 6) is 1.58. The molecule has 0 atom stereocenters. The molecule has 0 aliphatic rings. The summed E-state index contributed by atoms with van der Waals surface area (Å²) < 4.78 is 5.83. The number of para-hydroxylation sites is 1. The van der Waals surface area contributed by atoms with E-state index in [0.29, 0.717) is 38.3 Å². The highest BCUT2D eigenvalue weighted by Crippen LogP contribution is 2.30. The molecule has 4 aromatic rings. The summed E-state index contributed by atoms with van der Waals surface area (Å²) in [5.41, 5.74) is 1.19. The zero-order chi connectivity index (χ0) is 18.1. The van der Waals surface area contributed by atoms with E-state index in [1.54, 1.807) is 36.4 Å². The maximum Gasteiger partial charge on any atom is 0.259 e. The molecule has 3 aromatic carbocycles. The van der Waals surface area contributed by atoms with Crippen molar-refractivity contribution in [2.24, 2.45) is 0 Å². The smallest absolute Gasteiger partial charge is 0.259 e. The molecule has 0 amide bonds. The van der Waals surface area contributed by atoms with Gasteiger partial charge in [0, 0.05) is 15.6 Å². The van der Waals surface area contributed by atoms with Crippen LogP contribution in [-0.4, -0.2) is 9.97 Å². The first-order valence-electron chi connectivity index (χ1n) is 7.82. The molecule has 1 heterocycles. The molecule has 0 bridgehead atoms. The van der Waals surface area contributed by atoms with Gasteiger partial charge in [0.25, 0.3) is 5.56 Å². The minimum atomic E-state index is -0.182. The number of hydrogen-bond donors (Lipinski definition) is 1. The SMILES string of the molecule is O=c1[nH]c(-c2cccc(Oc3cc(Cl)cc(Cl)c3)c2)nc2ccccc12. The first-order valence-corrected chi connectivity index (χ1v) is 8.57. The largest absolute Gasteiger partial charge is 0.457 e. The van der Waals surface area contributed by atoms with Crippen LogP contribution in [0.2, 0.25) is 10.0 Å². The van der Waals surface area contributed by atoms with Crippen LogP contribution in [0, 0.1) is 0 Å². The second-order valence-electron chi connectivity index (χ2n) is 5.67. The molecule has 1 aromatic heterocycles.